The van der Waals surface area contributed by atoms with Crippen LogP contribution in [0, 0.1) is 0 Å². The van der Waals surface area contributed by atoms with Gasteiger partial charge >= 0.3 is 0 Å². The number of hydrogen-bond donors (Lipinski definition) is 2. The lowest BCUT2D eigenvalue weighted by molar-refractivity contribution is -0.136. The Morgan fingerprint density at radius 3 is 2.52 bits per heavy atom. The maximum absolute atomic E-state index is 11.8. The molecule has 1 fully saturated rings. The molecule has 0 saturated carbocycles. The Kier molecular flexibility index (Phi) is 6.59. The third-order valence-corrected chi connectivity index (χ3v) is 3.83. The molecule has 0 atom stereocenters. The topological polar surface area (TPSA) is 78.5 Å². The zero-order valence-electron chi connectivity index (χ0n) is 13.2. The maximum Gasteiger partial charge on any atom is 0.257 e. The molecular formula is C17H23N3O3. The van der Waals surface area contributed by atoms with Gasteiger partial charge in [0.1, 0.15) is 6.54 Å². The van der Waals surface area contributed by atoms with Gasteiger partial charge in [-0.25, -0.2) is 0 Å². The van der Waals surface area contributed by atoms with E-state index in [0.29, 0.717) is 25.8 Å². The number of nitrogens with zero attached hydrogens (tertiary/aromatic N) is 1. The number of carbonyl (C=O) groups is 3. The SMILES string of the molecule is O=C(CCc1ccccc1)NNC(=O)CN1CCCCCC1=O. The highest BCUT2D eigenvalue weighted by Gasteiger charge is 2.19. The molecule has 0 aromatic heterocycles. The third-order valence-electron chi connectivity index (χ3n) is 3.83. The van der Waals surface area contributed by atoms with Crippen molar-refractivity contribution in [3.05, 3.63) is 35.9 Å². The van der Waals surface area contributed by atoms with Gasteiger partial charge in [0.05, 0.1) is 0 Å². The summed E-state index contributed by atoms with van der Waals surface area (Å²) in [7, 11) is 0. The Morgan fingerprint density at radius 2 is 1.74 bits per heavy atom. The van der Waals surface area contributed by atoms with Crippen LogP contribution in [-0.2, 0) is 20.8 Å². The fourth-order valence-electron chi connectivity index (χ4n) is 2.52. The smallest absolute Gasteiger partial charge is 0.257 e. The van der Waals surface area contributed by atoms with Gasteiger partial charge in [-0.1, -0.05) is 36.8 Å². The molecule has 0 bridgehead atoms. The second kappa shape index (κ2) is 8.92. The first-order valence-electron chi connectivity index (χ1n) is 8.04. The molecule has 0 radical (unpaired) electrons. The zero-order chi connectivity index (χ0) is 16.5. The van der Waals surface area contributed by atoms with E-state index >= 15 is 0 Å². The van der Waals surface area contributed by atoms with Crippen LogP contribution in [0.4, 0.5) is 0 Å². The van der Waals surface area contributed by atoms with Crippen LogP contribution in [0.5, 0.6) is 0 Å². The minimum Gasteiger partial charge on any atom is -0.333 e. The molecule has 0 aliphatic carbocycles. The molecule has 6 nitrogen and oxygen atoms in total. The lowest BCUT2D eigenvalue weighted by atomic mass is 10.1. The lowest BCUT2D eigenvalue weighted by Crippen LogP contribution is -2.47. The van der Waals surface area contributed by atoms with E-state index in [4.69, 9.17) is 0 Å². The molecule has 1 aliphatic rings. The summed E-state index contributed by atoms with van der Waals surface area (Å²) in [4.78, 5) is 36.9. The van der Waals surface area contributed by atoms with Crippen molar-refractivity contribution in [3.8, 4) is 0 Å². The number of likely N-dealkylation sites (tertiary alicyclic amines) is 1. The van der Waals surface area contributed by atoms with Gasteiger partial charge in [-0.3, -0.25) is 25.2 Å². The van der Waals surface area contributed by atoms with Crippen LogP contribution in [-0.4, -0.2) is 35.7 Å². The van der Waals surface area contributed by atoms with Crippen LogP contribution in [0.1, 0.15) is 37.7 Å². The van der Waals surface area contributed by atoms with E-state index in [-0.39, 0.29) is 24.3 Å². The van der Waals surface area contributed by atoms with E-state index in [1.165, 1.54) is 0 Å². The van der Waals surface area contributed by atoms with Crippen molar-refractivity contribution < 1.29 is 14.4 Å². The van der Waals surface area contributed by atoms with E-state index in [9.17, 15) is 14.4 Å². The first kappa shape index (κ1) is 17.0. The van der Waals surface area contributed by atoms with Gasteiger partial charge in [-0.15, -0.1) is 0 Å². The zero-order valence-corrected chi connectivity index (χ0v) is 13.2. The van der Waals surface area contributed by atoms with Crippen LogP contribution < -0.4 is 10.9 Å². The Labute approximate surface area is 136 Å². The number of hydrogen-bond acceptors (Lipinski definition) is 3. The molecule has 1 heterocycles. The number of rotatable bonds is 5. The highest BCUT2D eigenvalue weighted by atomic mass is 16.2. The van der Waals surface area contributed by atoms with Crippen molar-refractivity contribution >= 4 is 17.7 Å². The largest absolute Gasteiger partial charge is 0.333 e. The van der Waals surface area contributed by atoms with Gasteiger partial charge in [0, 0.05) is 19.4 Å². The first-order valence-corrected chi connectivity index (χ1v) is 8.04. The van der Waals surface area contributed by atoms with Crippen molar-refractivity contribution in [2.75, 3.05) is 13.1 Å². The summed E-state index contributed by atoms with van der Waals surface area (Å²) in [6.07, 6.45) is 4.23. The maximum atomic E-state index is 11.8. The summed E-state index contributed by atoms with van der Waals surface area (Å²) in [6, 6.07) is 9.68. The van der Waals surface area contributed by atoms with Gasteiger partial charge in [-0.2, -0.15) is 0 Å². The number of amides is 3. The molecule has 0 unspecified atom stereocenters. The predicted molar refractivity (Wildman–Crippen MR) is 86.1 cm³/mol. The van der Waals surface area contributed by atoms with E-state index in [0.717, 1.165) is 24.8 Å². The van der Waals surface area contributed by atoms with Gasteiger partial charge in [-0.05, 0) is 24.8 Å². The van der Waals surface area contributed by atoms with E-state index < -0.39 is 0 Å². The Bertz CT molecular complexity index is 545. The van der Waals surface area contributed by atoms with Crippen LogP contribution in [0.15, 0.2) is 30.3 Å². The van der Waals surface area contributed by atoms with Gasteiger partial charge in [0.25, 0.3) is 5.91 Å². The average Bonchev–Trinajstić information content (AvgIpc) is 2.77. The second-order valence-corrected chi connectivity index (χ2v) is 5.71. The van der Waals surface area contributed by atoms with Crippen LogP contribution >= 0.6 is 0 Å². The molecular weight excluding hydrogens is 294 g/mol. The van der Waals surface area contributed by atoms with Crippen LogP contribution in [0.25, 0.3) is 0 Å². The molecule has 2 rings (SSSR count). The van der Waals surface area contributed by atoms with Crippen molar-refractivity contribution in [1.29, 1.82) is 0 Å². The molecule has 0 spiro atoms. The molecule has 23 heavy (non-hydrogen) atoms. The summed E-state index contributed by atoms with van der Waals surface area (Å²) in [5, 5.41) is 0. The molecule has 1 aromatic carbocycles. The molecule has 2 N–H and O–H groups in total. The van der Waals surface area contributed by atoms with E-state index in [1.54, 1.807) is 4.90 Å². The normalized spacial score (nSPS) is 15.0. The predicted octanol–water partition coefficient (Wildman–Crippen LogP) is 1.17. The summed E-state index contributed by atoms with van der Waals surface area (Å²) < 4.78 is 0. The van der Waals surface area contributed by atoms with Crippen molar-refractivity contribution in [1.82, 2.24) is 15.8 Å². The quantitative estimate of drug-likeness (QED) is 0.800. The Hall–Kier alpha value is -2.37. The number of carbonyl (C=O) groups excluding carboxylic acids is 3. The van der Waals surface area contributed by atoms with Crippen molar-refractivity contribution in [2.24, 2.45) is 0 Å². The van der Waals surface area contributed by atoms with Gasteiger partial charge in [0.15, 0.2) is 0 Å². The molecule has 1 aromatic rings. The number of benzene rings is 1. The minimum absolute atomic E-state index is 0.00218. The highest BCUT2D eigenvalue weighted by molar-refractivity contribution is 5.86. The molecule has 124 valence electrons. The molecule has 6 heteroatoms. The lowest BCUT2D eigenvalue weighted by Gasteiger charge is -2.19. The second-order valence-electron chi connectivity index (χ2n) is 5.71. The summed E-state index contributed by atoms with van der Waals surface area (Å²) in [5.41, 5.74) is 5.84. The third kappa shape index (κ3) is 6.10. The molecule has 3 amide bonds. The van der Waals surface area contributed by atoms with Crippen molar-refractivity contribution in [3.63, 3.8) is 0 Å². The van der Waals surface area contributed by atoms with Crippen LogP contribution in [0.2, 0.25) is 0 Å². The minimum atomic E-state index is -0.367. The van der Waals surface area contributed by atoms with Gasteiger partial charge in [0.2, 0.25) is 11.8 Å². The monoisotopic (exact) mass is 317 g/mol. The number of hydrazine groups is 1. The molecule has 1 aliphatic heterocycles. The van der Waals surface area contributed by atoms with E-state index in [1.807, 2.05) is 30.3 Å². The Balaban J connectivity index is 1.67. The summed E-state index contributed by atoms with van der Waals surface area (Å²) >= 11 is 0. The standard InChI is InChI=1S/C17H23N3O3/c21-15(11-10-14-7-3-1-4-8-14)18-19-16(22)13-20-12-6-2-5-9-17(20)23/h1,3-4,7-8H,2,5-6,9-13H2,(H,18,21)(H,19,22). The summed E-state index contributed by atoms with van der Waals surface area (Å²) in [5.74, 6) is -0.606. The van der Waals surface area contributed by atoms with Gasteiger partial charge < -0.3 is 4.90 Å². The highest BCUT2D eigenvalue weighted by Crippen LogP contribution is 2.10. The van der Waals surface area contributed by atoms with E-state index in [2.05, 4.69) is 10.9 Å². The Morgan fingerprint density at radius 1 is 1.00 bits per heavy atom. The van der Waals surface area contributed by atoms with Crippen LogP contribution in [0.3, 0.4) is 0 Å². The number of nitrogens with one attached hydrogen (secondary N) is 2. The first-order chi connectivity index (χ1) is 11.1. The van der Waals surface area contributed by atoms with Crippen molar-refractivity contribution in [2.45, 2.75) is 38.5 Å². The fraction of sp³-hybridized carbons (Fsp3) is 0.471. The average molecular weight is 317 g/mol. The fourth-order valence-corrected chi connectivity index (χ4v) is 2.52. The molecule has 1 saturated heterocycles. The number of aryl methyl sites for hydroxylation is 1. The summed E-state index contributed by atoms with van der Waals surface area (Å²) in [6.45, 7) is 0.603.